The summed E-state index contributed by atoms with van der Waals surface area (Å²) in [5, 5.41) is 4.17. The zero-order chi connectivity index (χ0) is 14.8. The molecule has 1 aromatic carbocycles. The molecule has 1 N–H and O–H groups in total. The number of hydrazone groups is 1. The highest BCUT2D eigenvalue weighted by atomic mass is 35.5. The van der Waals surface area contributed by atoms with Crippen molar-refractivity contribution in [2.45, 2.75) is 19.3 Å². The maximum Gasteiger partial charge on any atom is 0.243 e. The van der Waals surface area contributed by atoms with E-state index in [1.54, 1.807) is 0 Å². The molecule has 1 aliphatic rings. The summed E-state index contributed by atoms with van der Waals surface area (Å²) in [7, 11) is 0. The van der Waals surface area contributed by atoms with Gasteiger partial charge in [-0.05, 0) is 37.0 Å². The molecule has 3 rings (SSSR count). The van der Waals surface area contributed by atoms with Crippen molar-refractivity contribution in [3.63, 3.8) is 0 Å². The van der Waals surface area contributed by atoms with Gasteiger partial charge in [-0.15, -0.1) is 11.3 Å². The minimum absolute atomic E-state index is 0.00847. The highest BCUT2D eigenvalue weighted by Crippen LogP contribution is 2.47. The second-order valence-electron chi connectivity index (χ2n) is 5.14. The molecule has 1 aromatic heterocycles. The van der Waals surface area contributed by atoms with Gasteiger partial charge in [0.1, 0.15) is 0 Å². The number of nitrogens with zero attached hydrogens (tertiary/aromatic N) is 1. The Morgan fingerprint density at radius 2 is 2.05 bits per heavy atom. The molecule has 1 amide bonds. The van der Waals surface area contributed by atoms with E-state index in [4.69, 9.17) is 11.6 Å². The zero-order valence-electron chi connectivity index (χ0n) is 11.5. The van der Waals surface area contributed by atoms with Crippen LogP contribution < -0.4 is 5.43 Å². The normalized spacial score (nSPS) is 21.1. The van der Waals surface area contributed by atoms with Gasteiger partial charge < -0.3 is 0 Å². The average molecular weight is 319 g/mol. The Morgan fingerprint density at radius 1 is 1.29 bits per heavy atom. The van der Waals surface area contributed by atoms with Gasteiger partial charge in [0.15, 0.2) is 0 Å². The monoisotopic (exact) mass is 318 g/mol. The highest BCUT2D eigenvalue weighted by Gasteiger charge is 2.43. The Balaban J connectivity index is 1.58. The molecule has 21 heavy (non-hydrogen) atoms. The molecule has 0 spiro atoms. The maximum atomic E-state index is 12.1. The van der Waals surface area contributed by atoms with Gasteiger partial charge in [0, 0.05) is 5.92 Å². The molecule has 2 aromatic rings. The predicted octanol–water partition coefficient (Wildman–Crippen LogP) is 4.05. The van der Waals surface area contributed by atoms with Crippen LogP contribution in [-0.4, -0.2) is 11.6 Å². The summed E-state index contributed by atoms with van der Waals surface area (Å²) in [6.07, 6.45) is 0.898. The van der Waals surface area contributed by atoms with E-state index in [1.165, 1.54) is 16.9 Å². The lowest BCUT2D eigenvalue weighted by atomic mass is 10.1. The first-order chi connectivity index (χ1) is 10.1. The SMILES string of the molecule is CC(=NNC(=O)C1CC1c1ccccc1)c1ccc(Cl)s1. The van der Waals surface area contributed by atoms with E-state index in [0.29, 0.717) is 5.92 Å². The summed E-state index contributed by atoms with van der Waals surface area (Å²) in [4.78, 5) is 13.1. The van der Waals surface area contributed by atoms with Crippen LogP contribution in [0.3, 0.4) is 0 Å². The van der Waals surface area contributed by atoms with Gasteiger partial charge in [-0.1, -0.05) is 41.9 Å². The minimum atomic E-state index is -0.00847. The Morgan fingerprint density at radius 3 is 2.71 bits per heavy atom. The number of rotatable bonds is 4. The van der Waals surface area contributed by atoms with Crippen LogP contribution in [0.5, 0.6) is 0 Å². The van der Waals surface area contributed by atoms with Gasteiger partial charge in [0.05, 0.1) is 14.9 Å². The quantitative estimate of drug-likeness (QED) is 0.670. The molecule has 0 bridgehead atoms. The van der Waals surface area contributed by atoms with Crippen molar-refractivity contribution in [2.75, 3.05) is 0 Å². The molecule has 1 saturated carbocycles. The molecule has 1 aliphatic carbocycles. The van der Waals surface area contributed by atoms with Gasteiger partial charge in [-0.2, -0.15) is 5.10 Å². The van der Waals surface area contributed by atoms with Crippen LogP contribution in [0.25, 0.3) is 0 Å². The first kappa shape index (κ1) is 14.3. The molecule has 2 atom stereocenters. The number of hydrogen-bond donors (Lipinski definition) is 1. The molecular formula is C16H15ClN2OS. The van der Waals surface area contributed by atoms with E-state index in [9.17, 15) is 4.79 Å². The highest BCUT2D eigenvalue weighted by molar-refractivity contribution is 7.18. The standard InChI is InChI=1S/C16H15ClN2OS/c1-10(14-7-8-15(17)21-14)18-19-16(20)13-9-12(13)11-5-3-2-4-6-11/h2-8,12-13H,9H2,1H3,(H,19,20). The third-order valence-corrected chi connectivity index (χ3v) is 4.96. The summed E-state index contributed by atoms with van der Waals surface area (Å²) < 4.78 is 0.720. The number of hydrogen-bond acceptors (Lipinski definition) is 3. The lowest BCUT2D eigenvalue weighted by molar-refractivity contribution is -0.122. The van der Waals surface area contributed by atoms with Gasteiger partial charge in [-0.3, -0.25) is 4.79 Å². The number of carbonyl (C=O) groups excluding carboxylic acids is 1. The van der Waals surface area contributed by atoms with E-state index in [0.717, 1.165) is 21.3 Å². The van der Waals surface area contributed by atoms with Crippen LogP contribution in [0.4, 0.5) is 0 Å². The third-order valence-electron chi connectivity index (χ3n) is 3.62. The van der Waals surface area contributed by atoms with Crippen molar-refractivity contribution in [2.24, 2.45) is 11.0 Å². The Labute approximate surface area is 132 Å². The number of amides is 1. The number of halogens is 1. The summed E-state index contributed by atoms with van der Waals surface area (Å²) in [6.45, 7) is 1.87. The van der Waals surface area contributed by atoms with E-state index in [-0.39, 0.29) is 11.8 Å². The van der Waals surface area contributed by atoms with Crippen molar-refractivity contribution in [3.8, 4) is 0 Å². The smallest absolute Gasteiger partial charge is 0.243 e. The van der Waals surface area contributed by atoms with Crippen LogP contribution in [0.1, 0.15) is 29.7 Å². The number of thiophene rings is 1. The van der Waals surface area contributed by atoms with Crippen molar-refractivity contribution < 1.29 is 4.79 Å². The Kier molecular flexibility index (Phi) is 4.08. The predicted molar refractivity (Wildman–Crippen MR) is 87.0 cm³/mol. The van der Waals surface area contributed by atoms with Crippen LogP contribution in [0.15, 0.2) is 47.6 Å². The molecular weight excluding hydrogens is 304 g/mol. The van der Waals surface area contributed by atoms with Crippen LogP contribution in [-0.2, 0) is 4.79 Å². The van der Waals surface area contributed by atoms with E-state index < -0.39 is 0 Å². The summed E-state index contributed by atoms with van der Waals surface area (Å²) in [6, 6.07) is 13.9. The summed E-state index contributed by atoms with van der Waals surface area (Å²) in [5.41, 5.74) is 4.66. The average Bonchev–Trinajstić information content (AvgIpc) is 3.20. The fourth-order valence-electron chi connectivity index (χ4n) is 2.34. The van der Waals surface area contributed by atoms with Gasteiger partial charge in [0.25, 0.3) is 0 Å². The molecule has 108 valence electrons. The fraction of sp³-hybridized carbons (Fsp3) is 0.250. The van der Waals surface area contributed by atoms with Crippen LogP contribution >= 0.6 is 22.9 Å². The van der Waals surface area contributed by atoms with Crippen molar-refractivity contribution in [1.29, 1.82) is 0 Å². The van der Waals surface area contributed by atoms with Gasteiger partial charge in [-0.25, -0.2) is 5.43 Å². The lowest BCUT2D eigenvalue weighted by Gasteiger charge is -2.01. The first-order valence-corrected chi connectivity index (χ1v) is 7.99. The molecule has 2 unspecified atom stereocenters. The van der Waals surface area contributed by atoms with E-state index in [2.05, 4.69) is 22.7 Å². The summed E-state index contributed by atoms with van der Waals surface area (Å²) in [5.74, 6) is 0.361. The van der Waals surface area contributed by atoms with Gasteiger partial charge >= 0.3 is 0 Å². The number of carbonyl (C=O) groups is 1. The molecule has 0 saturated heterocycles. The third kappa shape index (κ3) is 3.34. The maximum absolute atomic E-state index is 12.1. The van der Waals surface area contributed by atoms with Gasteiger partial charge in [0.2, 0.25) is 5.91 Å². The summed E-state index contributed by atoms with van der Waals surface area (Å²) >= 11 is 7.34. The van der Waals surface area contributed by atoms with E-state index >= 15 is 0 Å². The van der Waals surface area contributed by atoms with Crippen LogP contribution in [0, 0.1) is 5.92 Å². The number of benzene rings is 1. The molecule has 5 heteroatoms. The molecule has 0 aliphatic heterocycles. The largest absolute Gasteiger partial charge is 0.273 e. The molecule has 3 nitrogen and oxygen atoms in total. The zero-order valence-corrected chi connectivity index (χ0v) is 13.1. The van der Waals surface area contributed by atoms with Crippen molar-refractivity contribution in [3.05, 3.63) is 57.2 Å². The van der Waals surface area contributed by atoms with Crippen molar-refractivity contribution in [1.82, 2.24) is 5.43 Å². The van der Waals surface area contributed by atoms with E-state index in [1.807, 2.05) is 37.3 Å². The Hall–Kier alpha value is -1.65. The van der Waals surface area contributed by atoms with Crippen molar-refractivity contribution >= 4 is 34.6 Å². The topological polar surface area (TPSA) is 41.5 Å². The molecule has 1 heterocycles. The lowest BCUT2D eigenvalue weighted by Crippen LogP contribution is -2.21. The first-order valence-electron chi connectivity index (χ1n) is 6.80. The molecule has 0 radical (unpaired) electrons. The second-order valence-corrected chi connectivity index (χ2v) is 6.85. The van der Waals surface area contributed by atoms with Crippen LogP contribution in [0.2, 0.25) is 4.34 Å². The minimum Gasteiger partial charge on any atom is -0.273 e. The Bertz CT molecular complexity index is 681. The second kappa shape index (κ2) is 6.00. The fourth-order valence-corrected chi connectivity index (χ4v) is 3.33. The molecule has 1 fully saturated rings. The number of nitrogens with one attached hydrogen (secondary N) is 1.